The molecule has 0 aromatic rings. The molecule has 0 bridgehead atoms. The van der Waals surface area contributed by atoms with Gasteiger partial charge < -0.3 is 36.8 Å². The van der Waals surface area contributed by atoms with Crippen LogP contribution in [0.2, 0.25) is 0 Å². The summed E-state index contributed by atoms with van der Waals surface area (Å²) in [4.78, 5) is 32.9. The number of nitrogens with one attached hydrogen (secondary N) is 1. The van der Waals surface area contributed by atoms with E-state index in [0.29, 0.717) is 19.3 Å². The minimum Gasteiger partial charge on any atom is -0.479 e. The lowest BCUT2D eigenvalue weighted by molar-refractivity contribution is -0.168. The molecule has 0 radical (unpaired) electrons. The number of carboxylic acid groups (broad SMARTS) is 1. The van der Waals surface area contributed by atoms with Crippen LogP contribution in [-0.4, -0.2) is 75.0 Å². The Morgan fingerprint density at radius 1 is 0.917 bits per heavy atom. The molecule has 0 aromatic heterocycles. The van der Waals surface area contributed by atoms with E-state index < -0.39 is 71.5 Å². The Kier molecular flexibility index (Phi) is 12.4. The van der Waals surface area contributed by atoms with Gasteiger partial charge in [-0.3, -0.25) is 4.79 Å². The number of primary amides is 1. The first-order valence-electron chi connectivity index (χ1n) is 11.2. The Morgan fingerprint density at radius 2 is 1.33 bits per heavy atom. The van der Waals surface area contributed by atoms with Crippen molar-refractivity contribution in [2.45, 2.75) is 101 Å². The highest BCUT2D eigenvalue weighted by Crippen LogP contribution is 2.43. The molecular formula is C21H36ClF4N3O7. The minimum atomic E-state index is -3.52. The highest BCUT2D eigenvalue weighted by atomic mass is 35.5. The van der Waals surface area contributed by atoms with Crippen LogP contribution in [0.4, 0.5) is 22.4 Å². The molecular weight excluding hydrogens is 518 g/mol. The number of hydrogen-bond donors (Lipinski definition) is 6. The number of aliphatic carboxylic acids is 1. The predicted octanol–water partition coefficient (Wildman–Crippen LogP) is 1.78. The van der Waals surface area contributed by atoms with Gasteiger partial charge in [0.2, 0.25) is 5.91 Å². The molecule has 2 aliphatic carbocycles. The summed E-state index contributed by atoms with van der Waals surface area (Å²) in [5.41, 5.74) is 8.87. The number of rotatable bonds is 9. The molecule has 8 N–H and O–H groups in total. The first kappa shape index (κ1) is 34.1. The van der Waals surface area contributed by atoms with Crippen molar-refractivity contribution in [1.82, 2.24) is 5.32 Å². The van der Waals surface area contributed by atoms with Gasteiger partial charge in [-0.1, -0.05) is 12.8 Å². The Morgan fingerprint density at radius 3 is 1.64 bits per heavy atom. The molecule has 0 aromatic carbocycles. The van der Waals surface area contributed by atoms with Crippen molar-refractivity contribution in [1.29, 1.82) is 0 Å². The third-order valence-electron chi connectivity index (χ3n) is 6.03. The van der Waals surface area contributed by atoms with E-state index >= 15 is 0 Å². The van der Waals surface area contributed by atoms with Gasteiger partial charge in [-0.2, -0.15) is 0 Å². The fourth-order valence-electron chi connectivity index (χ4n) is 3.46. The van der Waals surface area contributed by atoms with Crippen LogP contribution in [0.5, 0.6) is 0 Å². The van der Waals surface area contributed by atoms with Crippen molar-refractivity contribution in [2.75, 3.05) is 0 Å². The zero-order valence-electron chi connectivity index (χ0n) is 20.3. The van der Waals surface area contributed by atoms with Gasteiger partial charge in [0.25, 0.3) is 11.8 Å². The maximum absolute atomic E-state index is 14.2. The van der Waals surface area contributed by atoms with Gasteiger partial charge in [-0.15, -0.1) is 12.4 Å². The second-order valence-corrected chi connectivity index (χ2v) is 9.88. The number of hydrogen-bond acceptors (Lipinski definition) is 7. The highest BCUT2D eigenvalue weighted by Gasteiger charge is 2.54. The van der Waals surface area contributed by atoms with Crippen LogP contribution in [0, 0.1) is 11.8 Å². The molecule has 4 atom stereocenters. The Bertz CT molecular complexity index is 762. The molecule has 4 unspecified atom stereocenters. The van der Waals surface area contributed by atoms with Gasteiger partial charge in [0.1, 0.15) is 17.7 Å². The summed E-state index contributed by atoms with van der Waals surface area (Å²) in [6.07, 6.45) is -3.01. The van der Waals surface area contributed by atoms with E-state index in [1.165, 1.54) is 0 Å². The molecule has 2 rings (SSSR count). The molecule has 0 saturated heterocycles. The van der Waals surface area contributed by atoms with E-state index in [2.05, 4.69) is 0 Å². The summed E-state index contributed by atoms with van der Waals surface area (Å²) in [5, 5.41) is 29.1. The zero-order chi connectivity index (χ0) is 27.4. The molecule has 10 nitrogen and oxygen atoms in total. The quantitative estimate of drug-likeness (QED) is 0.233. The molecule has 2 aliphatic rings. The third-order valence-corrected chi connectivity index (χ3v) is 6.03. The number of carbonyl (C=O) groups is 3. The van der Waals surface area contributed by atoms with E-state index in [1.54, 1.807) is 26.1 Å². The summed E-state index contributed by atoms with van der Waals surface area (Å²) in [6, 6.07) is -4.12. The fourth-order valence-corrected chi connectivity index (χ4v) is 3.46. The fraction of sp³-hybridized carbons (Fsp3) is 0.857. The van der Waals surface area contributed by atoms with Crippen LogP contribution in [0.1, 0.15) is 59.3 Å². The number of aliphatic hydroxyl groups is 2. The number of carbonyl (C=O) groups excluding carboxylic acids is 2. The van der Waals surface area contributed by atoms with Crippen LogP contribution in [0.3, 0.4) is 0 Å². The molecule has 0 aliphatic heterocycles. The van der Waals surface area contributed by atoms with Crippen LogP contribution >= 0.6 is 12.4 Å². The topological polar surface area (TPSA) is 185 Å². The summed E-state index contributed by atoms with van der Waals surface area (Å²) >= 11 is 0. The van der Waals surface area contributed by atoms with Crippen molar-refractivity contribution in [3.63, 3.8) is 0 Å². The first-order valence-corrected chi connectivity index (χ1v) is 11.2. The van der Waals surface area contributed by atoms with Gasteiger partial charge in [0.05, 0.1) is 0 Å². The van der Waals surface area contributed by atoms with E-state index in [1.807, 2.05) is 0 Å². The monoisotopic (exact) mass is 553 g/mol. The van der Waals surface area contributed by atoms with E-state index in [0.717, 1.165) is 6.42 Å². The Labute approximate surface area is 212 Å². The van der Waals surface area contributed by atoms with Gasteiger partial charge in [-0.05, 0) is 46.5 Å². The lowest BCUT2D eigenvalue weighted by atomic mass is 9.76. The maximum Gasteiger partial charge on any atom is 0.408 e. The first-order chi connectivity index (χ1) is 15.8. The van der Waals surface area contributed by atoms with Crippen molar-refractivity contribution in [2.24, 2.45) is 23.3 Å². The maximum atomic E-state index is 14.2. The van der Waals surface area contributed by atoms with Crippen molar-refractivity contribution >= 4 is 30.4 Å². The van der Waals surface area contributed by atoms with E-state index in [4.69, 9.17) is 26.4 Å². The average Bonchev–Trinajstić information content (AvgIpc) is 2.59. The largest absolute Gasteiger partial charge is 0.479 e. The summed E-state index contributed by atoms with van der Waals surface area (Å²) in [5.74, 6) is -11.6. The third kappa shape index (κ3) is 8.89. The molecule has 2 amide bonds. The number of halogens is 5. The van der Waals surface area contributed by atoms with Crippen LogP contribution in [0.15, 0.2) is 0 Å². The van der Waals surface area contributed by atoms with Crippen molar-refractivity contribution in [3.8, 4) is 0 Å². The predicted molar refractivity (Wildman–Crippen MR) is 122 cm³/mol. The van der Waals surface area contributed by atoms with Crippen molar-refractivity contribution < 1.29 is 52.0 Å². The van der Waals surface area contributed by atoms with E-state index in [-0.39, 0.29) is 25.2 Å². The van der Waals surface area contributed by atoms with Gasteiger partial charge in [-0.25, -0.2) is 27.2 Å². The SMILES string of the molecule is CC(C)(C)OC(=O)NC(C(O)C(=O)O)C(F)(F)C1CCC1.Cl.NC(=O)C(O)C(N)C(F)(F)C1CCC1. The number of nitrogens with two attached hydrogens (primary N) is 2. The van der Waals surface area contributed by atoms with E-state index in [9.17, 15) is 37.1 Å². The normalized spacial score (nSPS) is 20.1. The molecule has 36 heavy (non-hydrogen) atoms. The summed E-state index contributed by atoms with van der Waals surface area (Å²) < 4.78 is 60.1. The number of alkyl carbamates (subject to hydrolysis) is 1. The lowest BCUT2D eigenvalue weighted by Gasteiger charge is -2.39. The summed E-state index contributed by atoms with van der Waals surface area (Å²) in [6.45, 7) is 4.62. The summed E-state index contributed by atoms with van der Waals surface area (Å²) in [7, 11) is 0. The molecule has 0 spiro atoms. The number of alkyl halides is 4. The molecule has 15 heteroatoms. The van der Waals surface area contributed by atoms with Gasteiger partial charge >= 0.3 is 12.1 Å². The number of aliphatic hydroxyl groups excluding tert-OH is 2. The standard InChI is InChI=1S/C13H21F2NO5.C8H14F2N2O2.ClH/c1-12(2,3)21-11(20)16-9(8(17)10(18)19)13(14,15)7-5-4-6-7;9-8(10,4-2-1-3-4)6(11)5(13)7(12)14;/h7-9,17H,4-6H2,1-3H3,(H,16,20)(H,18,19);4-6,13H,1-3,11H2,(H2,12,14);1H. The zero-order valence-corrected chi connectivity index (χ0v) is 21.1. The second kappa shape index (κ2) is 13.1. The number of amides is 2. The van der Waals surface area contributed by atoms with Crippen LogP contribution in [0.25, 0.3) is 0 Å². The van der Waals surface area contributed by atoms with Gasteiger partial charge in [0, 0.05) is 11.8 Å². The van der Waals surface area contributed by atoms with Gasteiger partial charge in [0.15, 0.2) is 12.2 Å². The second-order valence-electron chi connectivity index (χ2n) is 9.88. The van der Waals surface area contributed by atoms with Crippen LogP contribution in [-0.2, 0) is 14.3 Å². The molecule has 212 valence electrons. The molecule has 0 heterocycles. The highest BCUT2D eigenvalue weighted by molar-refractivity contribution is 5.85. The average molecular weight is 554 g/mol. The smallest absolute Gasteiger partial charge is 0.408 e. The minimum absolute atomic E-state index is 0. The van der Waals surface area contributed by atoms with Crippen LogP contribution < -0.4 is 16.8 Å². The number of carboxylic acids is 1. The Hall–Kier alpha value is -1.90. The Balaban J connectivity index is 0.000000713. The van der Waals surface area contributed by atoms with Crippen molar-refractivity contribution in [3.05, 3.63) is 0 Å². The molecule has 2 saturated carbocycles. The number of ether oxygens (including phenoxy) is 1. The lowest BCUT2D eigenvalue weighted by Crippen LogP contribution is -2.61. The molecule has 2 fully saturated rings.